The molecule has 3 aromatic rings. The Morgan fingerprint density at radius 1 is 1.14 bits per heavy atom. The fourth-order valence-electron chi connectivity index (χ4n) is 2.18. The van der Waals surface area contributed by atoms with Gasteiger partial charge in [0.05, 0.1) is 11.2 Å². The molecule has 0 bridgehead atoms. The molecule has 0 aliphatic carbocycles. The van der Waals surface area contributed by atoms with Gasteiger partial charge in [0.25, 0.3) is 11.5 Å². The van der Waals surface area contributed by atoms with Gasteiger partial charge in [-0.1, -0.05) is 6.07 Å². The number of hydrogen-bond donors (Lipinski definition) is 1. The van der Waals surface area contributed by atoms with Crippen molar-refractivity contribution >= 4 is 22.5 Å². The van der Waals surface area contributed by atoms with Crippen LogP contribution in [0.3, 0.4) is 0 Å². The molecule has 0 radical (unpaired) electrons. The number of carbonyl (C=O) groups excluding carboxylic acids is 1. The minimum Gasteiger partial charge on any atom is -0.320 e. The van der Waals surface area contributed by atoms with Gasteiger partial charge in [0, 0.05) is 24.2 Å². The monoisotopic (exact) mass is 294 g/mol. The Hall–Kier alpha value is -3.02. The van der Waals surface area contributed by atoms with Crippen molar-refractivity contribution in [3.8, 4) is 0 Å². The van der Waals surface area contributed by atoms with Gasteiger partial charge in [0.1, 0.15) is 5.69 Å². The summed E-state index contributed by atoms with van der Waals surface area (Å²) in [6, 6.07) is 12.1. The summed E-state index contributed by atoms with van der Waals surface area (Å²) in [5.41, 5.74) is 2.30. The van der Waals surface area contributed by atoms with E-state index in [1.807, 2.05) is 31.2 Å². The number of pyridine rings is 1. The summed E-state index contributed by atoms with van der Waals surface area (Å²) in [6.07, 6.45) is 0. The predicted molar refractivity (Wildman–Crippen MR) is 83.9 cm³/mol. The lowest BCUT2D eigenvalue weighted by Crippen LogP contribution is -2.23. The molecule has 6 heteroatoms. The van der Waals surface area contributed by atoms with Crippen molar-refractivity contribution in [3.05, 3.63) is 64.2 Å². The molecule has 1 N–H and O–H groups in total. The number of amides is 1. The zero-order valence-electron chi connectivity index (χ0n) is 12.2. The van der Waals surface area contributed by atoms with E-state index < -0.39 is 0 Å². The van der Waals surface area contributed by atoms with Gasteiger partial charge in [-0.2, -0.15) is 5.10 Å². The third-order valence-electron chi connectivity index (χ3n) is 3.31. The number of hydrogen-bond acceptors (Lipinski definition) is 4. The summed E-state index contributed by atoms with van der Waals surface area (Å²) in [6.45, 7) is 1.92. The van der Waals surface area contributed by atoms with Crippen LogP contribution in [-0.4, -0.2) is 20.7 Å². The molecule has 110 valence electrons. The third kappa shape index (κ3) is 2.58. The number of nitrogens with zero attached hydrogens (tertiary/aromatic N) is 3. The molecule has 0 aliphatic heterocycles. The Kier molecular flexibility index (Phi) is 3.42. The molecule has 3 rings (SSSR count). The lowest BCUT2D eigenvalue weighted by Gasteiger charge is -2.09. The topological polar surface area (TPSA) is 76.9 Å². The molecule has 1 amide bonds. The Bertz CT molecular complexity index is 931. The van der Waals surface area contributed by atoms with Crippen molar-refractivity contribution in [2.75, 3.05) is 5.32 Å². The molecule has 0 unspecified atom stereocenters. The second-order valence-corrected chi connectivity index (χ2v) is 4.96. The molecule has 2 heterocycles. The first-order valence-electron chi connectivity index (χ1n) is 6.77. The second kappa shape index (κ2) is 5.40. The van der Waals surface area contributed by atoms with Crippen molar-refractivity contribution < 1.29 is 4.79 Å². The van der Waals surface area contributed by atoms with Gasteiger partial charge in [0.2, 0.25) is 0 Å². The molecule has 22 heavy (non-hydrogen) atoms. The number of carbonyl (C=O) groups is 1. The molecule has 0 spiro atoms. The maximum Gasteiger partial charge on any atom is 0.276 e. The van der Waals surface area contributed by atoms with E-state index in [1.54, 1.807) is 6.07 Å². The number of nitrogens with one attached hydrogen (secondary N) is 1. The summed E-state index contributed by atoms with van der Waals surface area (Å²) in [5.74, 6) is -0.372. The number of fused-ring (bicyclic) bond motifs is 1. The van der Waals surface area contributed by atoms with E-state index in [4.69, 9.17) is 0 Å². The molecule has 0 atom stereocenters. The maximum absolute atomic E-state index is 12.3. The van der Waals surface area contributed by atoms with Crippen molar-refractivity contribution in [3.63, 3.8) is 0 Å². The van der Waals surface area contributed by atoms with Gasteiger partial charge >= 0.3 is 0 Å². The van der Waals surface area contributed by atoms with Crippen LogP contribution in [0.5, 0.6) is 0 Å². The fourth-order valence-corrected chi connectivity index (χ4v) is 2.18. The number of aryl methyl sites for hydroxylation is 2. The van der Waals surface area contributed by atoms with Crippen molar-refractivity contribution in [1.82, 2.24) is 14.8 Å². The summed E-state index contributed by atoms with van der Waals surface area (Å²) < 4.78 is 1.13. The number of rotatable bonds is 2. The number of anilines is 1. The van der Waals surface area contributed by atoms with Gasteiger partial charge in [0.15, 0.2) is 0 Å². The van der Waals surface area contributed by atoms with E-state index >= 15 is 0 Å². The van der Waals surface area contributed by atoms with Crippen LogP contribution in [0.15, 0.2) is 47.3 Å². The van der Waals surface area contributed by atoms with Gasteiger partial charge in [-0.15, -0.1) is 0 Å². The maximum atomic E-state index is 12.3. The van der Waals surface area contributed by atoms with E-state index in [0.717, 1.165) is 21.3 Å². The van der Waals surface area contributed by atoms with Crippen molar-refractivity contribution in [1.29, 1.82) is 0 Å². The van der Waals surface area contributed by atoms with E-state index in [9.17, 15) is 9.59 Å². The molecule has 2 aromatic heterocycles. The van der Waals surface area contributed by atoms with Crippen LogP contribution in [0.4, 0.5) is 5.69 Å². The van der Waals surface area contributed by atoms with Crippen LogP contribution in [-0.2, 0) is 7.05 Å². The van der Waals surface area contributed by atoms with Crippen LogP contribution >= 0.6 is 0 Å². The lowest BCUT2D eigenvalue weighted by molar-refractivity contribution is 0.102. The smallest absolute Gasteiger partial charge is 0.276 e. The second-order valence-electron chi connectivity index (χ2n) is 4.96. The first kappa shape index (κ1) is 13.9. The summed E-state index contributed by atoms with van der Waals surface area (Å²) in [5, 5.41) is 7.60. The van der Waals surface area contributed by atoms with Gasteiger partial charge in [-0.25, -0.2) is 4.68 Å². The quantitative estimate of drug-likeness (QED) is 0.783. The predicted octanol–water partition coefficient (Wildman–Crippen LogP) is 1.89. The van der Waals surface area contributed by atoms with Crippen LogP contribution in [0.2, 0.25) is 0 Å². The molecule has 0 saturated heterocycles. The molecular weight excluding hydrogens is 280 g/mol. The number of aromatic nitrogens is 3. The SMILES string of the molecule is Cc1ccc2c(NC(=O)c3ccc(=O)n(C)n3)cccc2n1. The third-order valence-corrected chi connectivity index (χ3v) is 3.31. The normalized spacial score (nSPS) is 10.6. The first-order chi connectivity index (χ1) is 10.5. The molecule has 0 aliphatic rings. The van der Waals surface area contributed by atoms with Gasteiger partial charge in [-0.3, -0.25) is 14.6 Å². The van der Waals surface area contributed by atoms with Crippen LogP contribution in [0.25, 0.3) is 10.9 Å². The zero-order valence-corrected chi connectivity index (χ0v) is 12.2. The van der Waals surface area contributed by atoms with Gasteiger partial charge in [-0.05, 0) is 37.3 Å². The first-order valence-corrected chi connectivity index (χ1v) is 6.77. The van der Waals surface area contributed by atoms with E-state index in [0.29, 0.717) is 5.69 Å². The van der Waals surface area contributed by atoms with Crippen LogP contribution < -0.4 is 10.9 Å². The fraction of sp³-hybridized carbons (Fsp3) is 0.125. The Labute approximate surface area is 126 Å². The molecule has 1 aromatic carbocycles. The molecule has 0 saturated carbocycles. The summed E-state index contributed by atoms with van der Waals surface area (Å²) in [7, 11) is 1.50. The molecular formula is C16H14N4O2. The van der Waals surface area contributed by atoms with Crippen molar-refractivity contribution in [2.24, 2.45) is 7.05 Å². The van der Waals surface area contributed by atoms with E-state index in [-0.39, 0.29) is 17.2 Å². The van der Waals surface area contributed by atoms with Crippen LogP contribution in [0.1, 0.15) is 16.2 Å². The minimum absolute atomic E-state index is 0.180. The Morgan fingerprint density at radius 2 is 1.95 bits per heavy atom. The summed E-state index contributed by atoms with van der Waals surface area (Å²) in [4.78, 5) is 28.0. The highest BCUT2D eigenvalue weighted by Gasteiger charge is 2.11. The van der Waals surface area contributed by atoms with E-state index in [2.05, 4.69) is 15.4 Å². The Balaban J connectivity index is 1.97. The standard InChI is InChI=1S/C16H14N4O2/c1-10-6-7-11-12(17-10)4-3-5-13(11)18-16(22)14-8-9-15(21)20(2)19-14/h3-9H,1-2H3,(H,18,22). The van der Waals surface area contributed by atoms with Gasteiger partial charge < -0.3 is 5.32 Å². The number of benzene rings is 1. The average Bonchev–Trinajstić information content (AvgIpc) is 2.50. The molecule has 6 nitrogen and oxygen atoms in total. The largest absolute Gasteiger partial charge is 0.320 e. The van der Waals surface area contributed by atoms with E-state index in [1.165, 1.54) is 19.2 Å². The molecule has 0 fully saturated rings. The minimum atomic E-state index is -0.372. The summed E-state index contributed by atoms with van der Waals surface area (Å²) >= 11 is 0. The zero-order chi connectivity index (χ0) is 15.7. The van der Waals surface area contributed by atoms with Crippen LogP contribution in [0, 0.1) is 6.92 Å². The lowest BCUT2D eigenvalue weighted by atomic mass is 10.1. The highest BCUT2D eigenvalue weighted by atomic mass is 16.2. The Morgan fingerprint density at radius 3 is 2.73 bits per heavy atom. The highest BCUT2D eigenvalue weighted by molar-refractivity contribution is 6.07. The highest BCUT2D eigenvalue weighted by Crippen LogP contribution is 2.22. The van der Waals surface area contributed by atoms with Crippen molar-refractivity contribution in [2.45, 2.75) is 6.92 Å². The average molecular weight is 294 g/mol.